The lowest BCUT2D eigenvalue weighted by molar-refractivity contribution is -0.149. The highest BCUT2D eigenvalue weighted by atomic mass is 16.5. The Morgan fingerprint density at radius 2 is 1.60 bits per heavy atom. The normalized spacial score (nSPS) is 19.0. The van der Waals surface area contributed by atoms with Crippen molar-refractivity contribution < 1.29 is 38.6 Å². The summed E-state index contributed by atoms with van der Waals surface area (Å²) >= 11 is 0. The summed E-state index contributed by atoms with van der Waals surface area (Å²) in [6, 6.07) is 12.5. The number of esters is 2. The number of benzene rings is 2. The molecule has 0 spiro atoms. The van der Waals surface area contributed by atoms with Gasteiger partial charge in [0.2, 0.25) is 5.88 Å². The molecule has 0 saturated heterocycles. The van der Waals surface area contributed by atoms with Crippen molar-refractivity contribution in [3.05, 3.63) is 92.8 Å². The second-order valence-corrected chi connectivity index (χ2v) is 12.1. The van der Waals surface area contributed by atoms with Crippen LogP contribution in [0.1, 0.15) is 47.8 Å². The number of nitrogens with one attached hydrogen (secondary N) is 1. The van der Waals surface area contributed by atoms with Gasteiger partial charge in [-0.1, -0.05) is 36.4 Å². The van der Waals surface area contributed by atoms with Crippen molar-refractivity contribution >= 4 is 51.5 Å². The molecule has 8 rings (SSSR count). The van der Waals surface area contributed by atoms with Gasteiger partial charge < -0.3 is 19.6 Å². The first kappa shape index (κ1) is 29.4. The molecule has 0 bridgehead atoms. The number of methoxy groups -OCH3 is 2. The minimum Gasteiger partial charge on any atom is -0.494 e. The van der Waals surface area contributed by atoms with E-state index in [2.05, 4.69) is 4.98 Å². The number of para-hydroxylation sites is 2. The molecule has 0 radical (unpaired) electrons. The molecule has 2 aromatic heterocycles. The molecule has 1 amide bonds. The van der Waals surface area contributed by atoms with Crippen LogP contribution in [0.2, 0.25) is 0 Å². The average molecular weight is 645 g/mol. The van der Waals surface area contributed by atoms with Crippen molar-refractivity contribution in [1.82, 2.24) is 14.5 Å². The fraction of sp³-hybridized carbons (Fsp3) is 0.222. The van der Waals surface area contributed by atoms with Crippen molar-refractivity contribution in [1.29, 1.82) is 0 Å². The van der Waals surface area contributed by atoms with Gasteiger partial charge in [0.25, 0.3) is 5.91 Å². The first-order chi connectivity index (χ1) is 23.1. The topological polar surface area (TPSA) is 160 Å². The fourth-order valence-electron chi connectivity index (χ4n) is 7.76. The van der Waals surface area contributed by atoms with Gasteiger partial charge in [0, 0.05) is 29.0 Å². The number of amides is 1. The maximum absolute atomic E-state index is 14.7. The van der Waals surface area contributed by atoms with Crippen LogP contribution in [0.15, 0.2) is 70.5 Å². The number of H-pyrrole nitrogens is 1. The molecule has 4 aliphatic heterocycles. The Morgan fingerprint density at radius 3 is 2.31 bits per heavy atom. The van der Waals surface area contributed by atoms with Gasteiger partial charge in [-0.05, 0) is 37.1 Å². The van der Waals surface area contributed by atoms with Crippen LogP contribution >= 0.6 is 0 Å². The zero-order valence-electron chi connectivity index (χ0n) is 26.3. The molecule has 0 fully saturated rings. The number of aromatic amines is 1. The van der Waals surface area contributed by atoms with Crippen LogP contribution in [0.3, 0.4) is 0 Å². The average Bonchev–Trinajstić information content (AvgIpc) is 3.81. The van der Waals surface area contributed by atoms with Crippen molar-refractivity contribution in [2.75, 3.05) is 14.2 Å². The van der Waals surface area contributed by atoms with Crippen LogP contribution in [0, 0.1) is 0 Å². The molecule has 2 N–H and O–H groups in total. The minimum absolute atomic E-state index is 0.0630. The van der Waals surface area contributed by atoms with E-state index in [0.717, 1.165) is 21.7 Å². The summed E-state index contributed by atoms with van der Waals surface area (Å²) in [5, 5.41) is 14.3. The predicted molar refractivity (Wildman–Crippen MR) is 171 cm³/mol. The summed E-state index contributed by atoms with van der Waals surface area (Å²) in [7, 11) is 2.44. The molecule has 4 aromatic rings. The number of carbonyl (C=O) groups excluding carboxylic acids is 5. The van der Waals surface area contributed by atoms with E-state index in [1.165, 1.54) is 37.5 Å². The maximum Gasteiger partial charge on any atom is 0.329 e. The molecule has 48 heavy (non-hydrogen) atoms. The quantitative estimate of drug-likeness (QED) is 0.248. The van der Waals surface area contributed by atoms with E-state index in [0.29, 0.717) is 22.3 Å². The van der Waals surface area contributed by atoms with E-state index >= 15 is 0 Å². The summed E-state index contributed by atoms with van der Waals surface area (Å²) < 4.78 is 11.6. The summed E-state index contributed by atoms with van der Waals surface area (Å²) in [4.78, 5) is 78.1. The van der Waals surface area contributed by atoms with E-state index in [1.807, 2.05) is 42.5 Å². The predicted octanol–water partition coefficient (Wildman–Crippen LogP) is 2.64. The summed E-state index contributed by atoms with van der Waals surface area (Å²) in [6.45, 7) is 2.56. The highest BCUT2D eigenvalue weighted by Gasteiger charge is 2.52. The van der Waals surface area contributed by atoms with Gasteiger partial charge >= 0.3 is 11.9 Å². The molecule has 0 aliphatic carbocycles. The number of aromatic hydroxyl groups is 1. The van der Waals surface area contributed by atoms with Crippen LogP contribution in [0.5, 0.6) is 5.88 Å². The summed E-state index contributed by atoms with van der Waals surface area (Å²) in [5.74, 6) is -3.80. The third-order valence-electron chi connectivity index (χ3n) is 9.68. The van der Waals surface area contributed by atoms with E-state index in [-0.39, 0.29) is 46.5 Å². The lowest BCUT2D eigenvalue weighted by Crippen LogP contribution is -2.46. The Hall–Kier alpha value is -6.04. The van der Waals surface area contributed by atoms with E-state index in [1.54, 1.807) is 6.07 Å². The Balaban J connectivity index is 1.49. The summed E-state index contributed by atoms with van der Waals surface area (Å²) in [6.07, 6.45) is 0.183. The third kappa shape index (κ3) is 3.70. The van der Waals surface area contributed by atoms with Gasteiger partial charge in [0.1, 0.15) is 12.1 Å². The highest BCUT2D eigenvalue weighted by Crippen LogP contribution is 2.53. The molecule has 4 aliphatic rings. The van der Waals surface area contributed by atoms with Gasteiger partial charge in [-0.2, -0.15) is 0 Å². The number of carbonyl (C=O) groups is 5. The van der Waals surface area contributed by atoms with Crippen LogP contribution in [-0.4, -0.2) is 69.2 Å². The number of ketones is 2. The first-order valence-electron chi connectivity index (χ1n) is 15.3. The molecule has 0 unspecified atom stereocenters. The number of rotatable bonds is 5. The van der Waals surface area contributed by atoms with E-state index in [9.17, 15) is 29.1 Å². The molecular weight excluding hydrogens is 616 g/mol. The molecule has 2 aromatic carbocycles. The minimum atomic E-state index is -1.16. The highest BCUT2D eigenvalue weighted by molar-refractivity contribution is 6.34. The third-order valence-corrected chi connectivity index (χ3v) is 9.68. The number of hydrogen-bond acceptors (Lipinski definition) is 9. The lowest BCUT2D eigenvalue weighted by atomic mass is 9.90. The summed E-state index contributed by atoms with van der Waals surface area (Å²) in [5.41, 5.74) is 2.62. The van der Waals surface area contributed by atoms with Gasteiger partial charge in [0.05, 0.1) is 64.6 Å². The van der Waals surface area contributed by atoms with Crippen LogP contribution in [0.4, 0.5) is 0 Å². The Bertz CT molecular complexity index is 2420. The number of aromatic nitrogens is 2. The molecule has 0 saturated carbocycles. The zero-order valence-corrected chi connectivity index (χ0v) is 26.3. The number of nitrogens with zero attached hydrogens (tertiary/aromatic N) is 3. The first-order valence-corrected chi connectivity index (χ1v) is 15.3. The standard InChI is InChI=1S/C36H28N4O8/c1-15(41)25-27(33(43)39-23(35(45)47-3)13-19-17-9-5-7-11-21(17)37-29(19)31(25)39)28-26(16(2)42)32-30-20(18-10-6-8-12-22(18)38-30)14-24(36(46)48-4)40(32)34(28)44/h5-12,23-24,37,43H,13-14H2,1-4H3/t23-,24-/m0/s1. The number of hydrogen-bond donors (Lipinski definition) is 2. The Kier molecular flexibility index (Phi) is 6.26. The second kappa shape index (κ2) is 10.2. The number of ether oxygens (including phenoxy) is 2. The Labute approximate surface area is 272 Å². The van der Waals surface area contributed by atoms with Crippen molar-refractivity contribution in [3.8, 4) is 17.3 Å². The smallest absolute Gasteiger partial charge is 0.329 e. The van der Waals surface area contributed by atoms with Crippen molar-refractivity contribution in [2.24, 2.45) is 4.99 Å². The largest absolute Gasteiger partial charge is 0.494 e. The molecular formula is C36H28N4O8. The van der Waals surface area contributed by atoms with Crippen LogP contribution in [0.25, 0.3) is 33.4 Å². The molecule has 2 atom stereocenters. The molecule has 240 valence electrons. The fourth-order valence-corrected chi connectivity index (χ4v) is 7.76. The van der Waals surface area contributed by atoms with Crippen molar-refractivity contribution in [3.63, 3.8) is 0 Å². The SMILES string of the molecule is COC(=O)[C@@H]1CC2=c3ccccc3=NC2=C2C(C(C)=O)=C(c3c(C(C)=O)c4n(c3O)[C@H](C(=O)OC)Cc3c-4[nH]c4ccccc34)C(=O)N21. The van der Waals surface area contributed by atoms with Crippen LogP contribution in [-0.2, 0) is 35.1 Å². The van der Waals surface area contributed by atoms with Gasteiger partial charge in [-0.15, -0.1) is 0 Å². The number of Topliss-reactive ketones (excluding diaryl/α,β-unsaturated/α-hetero) is 2. The van der Waals surface area contributed by atoms with Gasteiger partial charge in [0.15, 0.2) is 11.6 Å². The lowest BCUT2D eigenvalue weighted by Gasteiger charge is -2.33. The molecule has 12 heteroatoms. The van der Waals surface area contributed by atoms with Gasteiger partial charge in [-0.3, -0.25) is 23.9 Å². The maximum atomic E-state index is 14.7. The monoisotopic (exact) mass is 644 g/mol. The van der Waals surface area contributed by atoms with Crippen LogP contribution < -0.4 is 10.6 Å². The Morgan fingerprint density at radius 1 is 0.917 bits per heavy atom. The van der Waals surface area contributed by atoms with E-state index < -0.39 is 47.4 Å². The van der Waals surface area contributed by atoms with E-state index in [4.69, 9.17) is 14.5 Å². The van der Waals surface area contributed by atoms with Crippen molar-refractivity contribution in [2.45, 2.75) is 38.8 Å². The molecule has 6 heterocycles. The zero-order chi connectivity index (χ0) is 33.8. The molecule has 12 nitrogen and oxygen atoms in total. The van der Waals surface area contributed by atoms with Gasteiger partial charge in [-0.25, -0.2) is 14.6 Å². The number of fused-ring (bicyclic) bond motifs is 8. The number of allylic oxidation sites excluding steroid dienone is 2. The second-order valence-electron chi connectivity index (χ2n) is 12.1.